The fraction of sp³-hybridized carbons (Fsp3) is 0.600. The highest BCUT2D eigenvalue weighted by Crippen LogP contribution is 2.34. The summed E-state index contributed by atoms with van der Waals surface area (Å²) in [7, 11) is 1.71. The number of methoxy groups -OCH3 is 1. The van der Waals surface area contributed by atoms with Crippen LogP contribution in [0.2, 0.25) is 0 Å². The summed E-state index contributed by atoms with van der Waals surface area (Å²) in [6, 6.07) is 6.14. The largest absolute Gasteiger partial charge is 0.493 e. The van der Waals surface area contributed by atoms with Crippen LogP contribution in [-0.4, -0.2) is 25.8 Å². The summed E-state index contributed by atoms with van der Waals surface area (Å²) in [4.78, 5) is 0. The van der Waals surface area contributed by atoms with Gasteiger partial charge in [0.15, 0.2) is 11.5 Å². The first-order chi connectivity index (χ1) is 8.68. The smallest absolute Gasteiger partial charge is 0.163 e. The molecule has 0 bridgehead atoms. The molecule has 1 aliphatic rings. The van der Waals surface area contributed by atoms with Gasteiger partial charge in [-0.15, -0.1) is 0 Å². The van der Waals surface area contributed by atoms with E-state index in [0.717, 1.165) is 24.5 Å². The molecule has 2 rings (SSSR count). The maximum atomic E-state index is 5.62. The molecule has 100 valence electrons. The molecule has 0 saturated carbocycles. The molecule has 1 fully saturated rings. The molecule has 1 unspecified atom stereocenters. The molecule has 1 aromatic carbocycles. The van der Waals surface area contributed by atoms with Crippen molar-refractivity contribution in [2.45, 2.75) is 38.6 Å². The van der Waals surface area contributed by atoms with E-state index in [1.54, 1.807) is 7.11 Å². The van der Waals surface area contributed by atoms with Crippen molar-refractivity contribution in [3.63, 3.8) is 0 Å². The predicted molar refractivity (Wildman–Crippen MR) is 73.5 cm³/mol. The van der Waals surface area contributed by atoms with Gasteiger partial charge in [0, 0.05) is 5.54 Å². The summed E-state index contributed by atoms with van der Waals surface area (Å²) in [6.45, 7) is 6.05. The highest BCUT2D eigenvalue weighted by Gasteiger charge is 2.29. The summed E-state index contributed by atoms with van der Waals surface area (Å²) < 4.78 is 11.2. The molecule has 1 aliphatic heterocycles. The zero-order chi connectivity index (χ0) is 13.0. The van der Waals surface area contributed by atoms with Crippen molar-refractivity contribution in [1.82, 2.24) is 5.32 Å². The minimum atomic E-state index is 0.193. The van der Waals surface area contributed by atoms with Gasteiger partial charge in [0.05, 0.1) is 13.7 Å². The maximum Gasteiger partial charge on any atom is 0.163 e. The average Bonchev–Trinajstić information content (AvgIpc) is 2.77. The summed E-state index contributed by atoms with van der Waals surface area (Å²) in [5, 5.41) is 3.59. The van der Waals surface area contributed by atoms with E-state index in [0.29, 0.717) is 6.61 Å². The minimum absolute atomic E-state index is 0.193. The Kier molecular flexibility index (Phi) is 4.12. The Labute approximate surface area is 109 Å². The van der Waals surface area contributed by atoms with Crippen molar-refractivity contribution in [1.29, 1.82) is 0 Å². The number of para-hydroxylation sites is 1. The quantitative estimate of drug-likeness (QED) is 0.870. The lowest BCUT2D eigenvalue weighted by molar-refractivity contribution is 0.306. The lowest BCUT2D eigenvalue weighted by atomic mass is 9.91. The van der Waals surface area contributed by atoms with Crippen LogP contribution in [0.5, 0.6) is 11.5 Å². The van der Waals surface area contributed by atoms with Crippen LogP contribution in [0.25, 0.3) is 0 Å². The lowest BCUT2D eigenvalue weighted by Gasteiger charge is -2.26. The van der Waals surface area contributed by atoms with E-state index in [1.165, 1.54) is 18.4 Å². The van der Waals surface area contributed by atoms with E-state index in [1.807, 2.05) is 19.1 Å². The van der Waals surface area contributed by atoms with Gasteiger partial charge in [-0.3, -0.25) is 0 Å². The second-order valence-corrected chi connectivity index (χ2v) is 5.15. The number of hydrogen-bond acceptors (Lipinski definition) is 3. The molecule has 1 saturated heterocycles. The molecule has 0 aromatic heterocycles. The van der Waals surface area contributed by atoms with Gasteiger partial charge in [-0.2, -0.15) is 0 Å². The lowest BCUT2D eigenvalue weighted by Crippen LogP contribution is -2.38. The molecule has 0 amide bonds. The van der Waals surface area contributed by atoms with Crippen LogP contribution in [0, 0.1) is 0 Å². The Morgan fingerprint density at radius 2 is 2.22 bits per heavy atom. The summed E-state index contributed by atoms with van der Waals surface area (Å²) >= 11 is 0. The van der Waals surface area contributed by atoms with Crippen LogP contribution in [0.15, 0.2) is 18.2 Å². The average molecular weight is 249 g/mol. The standard InChI is InChI=1S/C15H23NO2/c1-4-18-13-8-5-7-12(14(13)17-3)11-15(2)9-6-10-16-15/h5,7-8,16H,4,6,9-11H2,1-3H3. The Morgan fingerprint density at radius 1 is 1.39 bits per heavy atom. The third kappa shape index (κ3) is 2.78. The Bertz CT molecular complexity index is 397. The highest BCUT2D eigenvalue weighted by atomic mass is 16.5. The predicted octanol–water partition coefficient (Wildman–Crippen LogP) is 2.78. The first kappa shape index (κ1) is 13.2. The van der Waals surface area contributed by atoms with Gasteiger partial charge >= 0.3 is 0 Å². The van der Waals surface area contributed by atoms with Crippen LogP contribution >= 0.6 is 0 Å². The third-order valence-electron chi connectivity index (χ3n) is 3.60. The molecule has 0 radical (unpaired) electrons. The van der Waals surface area contributed by atoms with Crippen molar-refractivity contribution < 1.29 is 9.47 Å². The van der Waals surface area contributed by atoms with Crippen LogP contribution < -0.4 is 14.8 Å². The van der Waals surface area contributed by atoms with Crippen LogP contribution in [0.3, 0.4) is 0 Å². The van der Waals surface area contributed by atoms with Crippen molar-refractivity contribution in [2.24, 2.45) is 0 Å². The fourth-order valence-corrected chi connectivity index (χ4v) is 2.73. The molecule has 1 N–H and O–H groups in total. The molecule has 1 aromatic rings. The van der Waals surface area contributed by atoms with Crippen LogP contribution in [-0.2, 0) is 6.42 Å². The second-order valence-electron chi connectivity index (χ2n) is 5.15. The van der Waals surface area contributed by atoms with Gasteiger partial charge in [-0.1, -0.05) is 12.1 Å². The minimum Gasteiger partial charge on any atom is -0.493 e. The van der Waals surface area contributed by atoms with Crippen molar-refractivity contribution in [2.75, 3.05) is 20.3 Å². The molecule has 3 nitrogen and oxygen atoms in total. The zero-order valence-electron chi connectivity index (χ0n) is 11.6. The molecule has 1 heterocycles. The first-order valence-electron chi connectivity index (χ1n) is 6.72. The van der Waals surface area contributed by atoms with E-state index < -0.39 is 0 Å². The van der Waals surface area contributed by atoms with Gasteiger partial charge in [-0.05, 0) is 51.3 Å². The Hall–Kier alpha value is -1.22. The first-order valence-corrected chi connectivity index (χ1v) is 6.72. The van der Waals surface area contributed by atoms with Crippen molar-refractivity contribution in [3.8, 4) is 11.5 Å². The SMILES string of the molecule is CCOc1cccc(CC2(C)CCCN2)c1OC. The number of hydrogen-bond donors (Lipinski definition) is 1. The number of benzene rings is 1. The van der Waals surface area contributed by atoms with Gasteiger partial charge in [-0.25, -0.2) is 0 Å². The van der Waals surface area contributed by atoms with Crippen LogP contribution in [0.4, 0.5) is 0 Å². The van der Waals surface area contributed by atoms with Crippen molar-refractivity contribution >= 4 is 0 Å². The maximum absolute atomic E-state index is 5.62. The number of ether oxygens (including phenoxy) is 2. The van der Waals surface area contributed by atoms with Gasteiger partial charge < -0.3 is 14.8 Å². The number of rotatable bonds is 5. The van der Waals surface area contributed by atoms with Gasteiger partial charge in [0.2, 0.25) is 0 Å². The molecule has 3 heteroatoms. The highest BCUT2D eigenvalue weighted by molar-refractivity contribution is 5.47. The van der Waals surface area contributed by atoms with E-state index in [2.05, 4.69) is 18.3 Å². The third-order valence-corrected chi connectivity index (χ3v) is 3.60. The van der Waals surface area contributed by atoms with Gasteiger partial charge in [0.25, 0.3) is 0 Å². The molecule has 0 aliphatic carbocycles. The summed E-state index contributed by atoms with van der Waals surface area (Å²) in [5.74, 6) is 1.73. The topological polar surface area (TPSA) is 30.5 Å². The van der Waals surface area contributed by atoms with E-state index >= 15 is 0 Å². The summed E-state index contributed by atoms with van der Waals surface area (Å²) in [5.41, 5.74) is 1.42. The molecular formula is C15H23NO2. The monoisotopic (exact) mass is 249 g/mol. The fourth-order valence-electron chi connectivity index (χ4n) is 2.73. The molecular weight excluding hydrogens is 226 g/mol. The Balaban J connectivity index is 2.23. The van der Waals surface area contributed by atoms with E-state index in [4.69, 9.17) is 9.47 Å². The normalized spacial score (nSPS) is 23.1. The number of nitrogens with one attached hydrogen (secondary N) is 1. The van der Waals surface area contributed by atoms with E-state index in [9.17, 15) is 0 Å². The molecule has 18 heavy (non-hydrogen) atoms. The van der Waals surface area contributed by atoms with Crippen LogP contribution in [0.1, 0.15) is 32.3 Å². The summed E-state index contributed by atoms with van der Waals surface area (Å²) in [6.07, 6.45) is 3.45. The second kappa shape index (κ2) is 5.61. The Morgan fingerprint density at radius 3 is 2.83 bits per heavy atom. The zero-order valence-corrected chi connectivity index (χ0v) is 11.6. The van der Waals surface area contributed by atoms with Gasteiger partial charge in [0.1, 0.15) is 0 Å². The van der Waals surface area contributed by atoms with E-state index in [-0.39, 0.29) is 5.54 Å². The molecule has 0 spiro atoms. The molecule has 1 atom stereocenters. The van der Waals surface area contributed by atoms with Crippen molar-refractivity contribution in [3.05, 3.63) is 23.8 Å².